The number of benzene rings is 2. The number of H-pyrrole nitrogens is 1. The van der Waals surface area contributed by atoms with Gasteiger partial charge in [-0.2, -0.15) is 4.98 Å². The van der Waals surface area contributed by atoms with E-state index < -0.39 is 0 Å². The maximum atomic E-state index is 12.8. The van der Waals surface area contributed by atoms with Crippen LogP contribution in [0.5, 0.6) is 11.5 Å². The maximum Gasteiger partial charge on any atom is 0.261 e. The lowest BCUT2D eigenvalue weighted by atomic mass is 10.0. The Morgan fingerprint density at radius 1 is 1.06 bits per heavy atom. The lowest BCUT2D eigenvalue weighted by Gasteiger charge is -2.35. The molecule has 2 aromatic heterocycles. The van der Waals surface area contributed by atoms with Crippen molar-refractivity contribution in [3.63, 3.8) is 0 Å². The molecule has 10 heteroatoms. The van der Waals surface area contributed by atoms with Gasteiger partial charge in [0.15, 0.2) is 0 Å². The molecule has 1 fully saturated rings. The van der Waals surface area contributed by atoms with Gasteiger partial charge in [0.1, 0.15) is 22.7 Å². The van der Waals surface area contributed by atoms with E-state index in [1.54, 1.807) is 6.20 Å². The van der Waals surface area contributed by atoms with Gasteiger partial charge in [-0.15, -0.1) is 12.4 Å². The fourth-order valence-electron chi connectivity index (χ4n) is 4.27. The predicted molar refractivity (Wildman–Crippen MR) is 150 cm³/mol. The minimum atomic E-state index is -0.247. The molecule has 3 heterocycles. The zero-order valence-electron chi connectivity index (χ0n) is 20.1. The monoisotopic (exact) mass is 570 g/mol. The lowest BCUT2D eigenvalue weighted by molar-refractivity contribution is 0.252. The summed E-state index contributed by atoms with van der Waals surface area (Å²) in [6.45, 7) is 2.07. The van der Waals surface area contributed by atoms with Gasteiger partial charge in [-0.25, -0.2) is 4.98 Å². The van der Waals surface area contributed by atoms with Crippen molar-refractivity contribution in [3.8, 4) is 11.5 Å². The highest BCUT2D eigenvalue weighted by Crippen LogP contribution is 2.30. The molecule has 0 unspecified atom stereocenters. The minimum Gasteiger partial charge on any atom is -0.457 e. The van der Waals surface area contributed by atoms with Gasteiger partial charge < -0.3 is 24.8 Å². The summed E-state index contributed by atoms with van der Waals surface area (Å²) >= 11 is 3.55. The van der Waals surface area contributed by atoms with Gasteiger partial charge in [0, 0.05) is 25.0 Å². The van der Waals surface area contributed by atoms with Crippen molar-refractivity contribution in [1.29, 1.82) is 0 Å². The van der Waals surface area contributed by atoms with Crippen LogP contribution < -0.4 is 20.5 Å². The molecule has 2 aromatic carbocycles. The second kappa shape index (κ2) is 11.3. The van der Waals surface area contributed by atoms with Crippen molar-refractivity contribution in [3.05, 3.63) is 75.6 Å². The highest BCUT2D eigenvalue weighted by atomic mass is 79.9. The van der Waals surface area contributed by atoms with Crippen LogP contribution in [0.15, 0.2) is 70.1 Å². The maximum absolute atomic E-state index is 12.8. The summed E-state index contributed by atoms with van der Waals surface area (Å²) in [4.78, 5) is 29.6. The topological polar surface area (TPSA) is 86.4 Å². The smallest absolute Gasteiger partial charge is 0.261 e. The Bertz CT molecular complexity index is 1380. The number of halogens is 2. The zero-order chi connectivity index (χ0) is 24.4. The summed E-state index contributed by atoms with van der Waals surface area (Å²) in [7, 11) is 4.17. The molecule has 36 heavy (non-hydrogen) atoms. The van der Waals surface area contributed by atoms with E-state index in [4.69, 9.17) is 14.7 Å². The van der Waals surface area contributed by atoms with Crippen molar-refractivity contribution < 1.29 is 4.74 Å². The molecule has 0 atom stereocenters. The number of hydrogen-bond donors (Lipinski definition) is 2. The van der Waals surface area contributed by atoms with Gasteiger partial charge in [-0.3, -0.25) is 4.79 Å². The summed E-state index contributed by atoms with van der Waals surface area (Å²) in [5.74, 6) is 2.54. The van der Waals surface area contributed by atoms with Crippen LogP contribution in [-0.4, -0.2) is 53.1 Å². The van der Waals surface area contributed by atoms with Gasteiger partial charge in [0.2, 0.25) is 5.95 Å². The normalized spacial score (nSPS) is 14.3. The molecule has 2 N–H and O–H groups in total. The van der Waals surface area contributed by atoms with Crippen molar-refractivity contribution in [1.82, 2.24) is 19.9 Å². The molecule has 1 aliphatic rings. The molecule has 1 aliphatic heterocycles. The van der Waals surface area contributed by atoms with Crippen molar-refractivity contribution in [2.24, 2.45) is 0 Å². The molecule has 8 nitrogen and oxygen atoms in total. The quantitative estimate of drug-likeness (QED) is 0.313. The molecule has 4 aromatic rings. The Morgan fingerprint density at radius 3 is 2.42 bits per heavy atom. The molecular weight excluding hydrogens is 544 g/mol. The summed E-state index contributed by atoms with van der Waals surface area (Å²) in [5, 5.41) is 3.74. The third-order valence-electron chi connectivity index (χ3n) is 6.33. The number of fused-ring (bicyclic) bond motifs is 1. The van der Waals surface area contributed by atoms with Gasteiger partial charge >= 0.3 is 0 Å². The highest BCUT2D eigenvalue weighted by Gasteiger charge is 2.24. The molecule has 0 amide bonds. The number of para-hydroxylation sites is 1. The molecular formula is C26H28BrClN6O2. The van der Waals surface area contributed by atoms with Crippen LogP contribution in [0.25, 0.3) is 10.9 Å². The molecule has 0 spiro atoms. The minimum absolute atomic E-state index is 0. The lowest BCUT2D eigenvalue weighted by Crippen LogP contribution is -2.42. The summed E-state index contributed by atoms with van der Waals surface area (Å²) < 4.78 is 6.60. The van der Waals surface area contributed by atoms with E-state index in [0.717, 1.165) is 43.1 Å². The van der Waals surface area contributed by atoms with Gasteiger partial charge in [-0.1, -0.05) is 18.2 Å². The Labute approximate surface area is 224 Å². The van der Waals surface area contributed by atoms with Crippen molar-refractivity contribution >= 4 is 56.7 Å². The third kappa shape index (κ3) is 5.64. The number of nitrogens with zero attached hydrogens (tertiary/aromatic N) is 4. The third-order valence-corrected chi connectivity index (χ3v) is 6.93. The summed E-state index contributed by atoms with van der Waals surface area (Å²) in [6, 6.07) is 17.5. The summed E-state index contributed by atoms with van der Waals surface area (Å²) in [5.41, 5.74) is 1.12. The molecule has 0 aliphatic carbocycles. The number of ether oxygens (including phenoxy) is 1. The second-order valence-electron chi connectivity index (χ2n) is 8.77. The van der Waals surface area contributed by atoms with Crippen LogP contribution in [0.2, 0.25) is 0 Å². The molecule has 0 bridgehead atoms. The van der Waals surface area contributed by atoms with Crippen LogP contribution >= 0.6 is 28.3 Å². The predicted octanol–water partition coefficient (Wildman–Crippen LogP) is 5.57. The number of hydrogen-bond acceptors (Lipinski definition) is 7. The fraction of sp³-hybridized carbons (Fsp3) is 0.269. The first-order valence-electron chi connectivity index (χ1n) is 11.6. The van der Waals surface area contributed by atoms with Gasteiger partial charge in [0.05, 0.1) is 9.99 Å². The number of aromatic amines is 1. The van der Waals surface area contributed by atoms with Crippen LogP contribution in [0.4, 0.5) is 17.5 Å². The molecule has 5 rings (SSSR count). The molecule has 0 saturated carbocycles. The first-order chi connectivity index (χ1) is 17.0. The number of nitrogens with one attached hydrogen (secondary N) is 2. The Balaban J connectivity index is 0.00000304. The average molecular weight is 572 g/mol. The Hall–Kier alpha value is -3.14. The van der Waals surface area contributed by atoms with E-state index in [1.807, 2.05) is 61.6 Å². The SMILES string of the molecule is CN1CCC(N(C)c2nc(Nc3ccc(Oc4ccccc4)cc3)c3c(=O)[nH]cc(Br)c3n2)CC1.Cl. The van der Waals surface area contributed by atoms with Crippen LogP contribution in [0.3, 0.4) is 0 Å². The number of anilines is 3. The first kappa shape index (κ1) is 25.9. The standard InChI is InChI=1S/C26H27BrN6O2.ClH/c1-32-14-12-18(13-15-32)33(2)26-30-23-21(27)16-28-25(34)22(23)24(31-26)29-17-8-10-20(11-9-17)35-19-6-4-3-5-7-19;/h3-11,16,18H,12-15H2,1-2H3,(H,28,34)(H,29,30,31);1H. The number of rotatable bonds is 6. The van der Waals surface area contributed by atoms with E-state index in [2.05, 4.69) is 43.1 Å². The van der Waals surface area contributed by atoms with E-state index in [-0.39, 0.29) is 18.0 Å². The van der Waals surface area contributed by atoms with Gasteiger partial charge in [0.25, 0.3) is 5.56 Å². The fourth-order valence-corrected chi connectivity index (χ4v) is 4.67. The number of aromatic nitrogens is 3. The largest absolute Gasteiger partial charge is 0.457 e. The highest BCUT2D eigenvalue weighted by molar-refractivity contribution is 9.10. The van der Waals surface area contributed by atoms with E-state index >= 15 is 0 Å². The Kier molecular flexibility index (Phi) is 8.13. The van der Waals surface area contributed by atoms with Crippen LogP contribution in [0.1, 0.15) is 12.8 Å². The van der Waals surface area contributed by atoms with Crippen molar-refractivity contribution in [2.45, 2.75) is 18.9 Å². The molecule has 1 saturated heterocycles. The molecule has 188 valence electrons. The number of pyridine rings is 1. The van der Waals surface area contributed by atoms with Crippen LogP contribution in [0, 0.1) is 0 Å². The van der Waals surface area contributed by atoms with E-state index in [1.165, 1.54) is 0 Å². The van der Waals surface area contributed by atoms with Crippen molar-refractivity contribution in [2.75, 3.05) is 37.4 Å². The number of piperidine rings is 1. The Morgan fingerprint density at radius 2 is 1.72 bits per heavy atom. The molecule has 0 radical (unpaired) electrons. The van der Waals surface area contributed by atoms with Crippen LogP contribution in [-0.2, 0) is 0 Å². The van der Waals surface area contributed by atoms with Gasteiger partial charge in [-0.05, 0) is 85.3 Å². The summed E-state index contributed by atoms with van der Waals surface area (Å²) in [6.07, 6.45) is 3.70. The zero-order valence-corrected chi connectivity index (χ0v) is 22.5. The second-order valence-corrected chi connectivity index (χ2v) is 9.63. The number of likely N-dealkylation sites (tertiary alicyclic amines) is 1. The first-order valence-corrected chi connectivity index (χ1v) is 12.4. The van der Waals surface area contributed by atoms with E-state index in [0.29, 0.717) is 33.2 Å². The average Bonchev–Trinajstić information content (AvgIpc) is 2.88. The van der Waals surface area contributed by atoms with E-state index in [9.17, 15) is 4.79 Å².